The van der Waals surface area contributed by atoms with Crippen LogP contribution in [0.2, 0.25) is 23.2 Å². The van der Waals surface area contributed by atoms with Gasteiger partial charge in [-0.3, -0.25) is 0 Å². The summed E-state index contributed by atoms with van der Waals surface area (Å²) in [5, 5.41) is 12.8. The van der Waals surface area contributed by atoms with Gasteiger partial charge in [-0.1, -0.05) is 49.7 Å². The third-order valence-electron chi connectivity index (χ3n) is 4.26. The molecule has 0 saturated carbocycles. The van der Waals surface area contributed by atoms with E-state index in [0.29, 0.717) is 5.02 Å². The van der Waals surface area contributed by atoms with Crippen LogP contribution in [0.5, 0.6) is 0 Å². The summed E-state index contributed by atoms with van der Waals surface area (Å²) in [6.45, 7) is 10.1. The van der Waals surface area contributed by atoms with E-state index < -0.39 is 27.0 Å². The van der Waals surface area contributed by atoms with Crippen molar-refractivity contribution >= 4 is 31.7 Å². The second kappa shape index (κ2) is 8.80. The Morgan fingerprint density at radius 2 is 1.88 bits per heavy atom. The molecule has 140 valence electrons. The highest BCUT2D eigenvalue weighted by atomic mass is 35.5. The maximum absolute atomic E-state index is 12.1. The molecule has 8 heteroatoms. The van der Waals surface area contributed by atoms with E-state index in [1.807, 2.05) is 12.1 Å². The van der Waals surface area contributed by atoms with Crippen LogP contribution >= 0.6 is 11.6 Å². The van der Waals surface area contributed by atoms with E-state index in [4.69, 9.17) is 31.7 Å². The van der Waals surface area contributed by atoms with Gasteiger partial charge in [-0.2, -0.15) is 0 Å². The highest BCUT2D eigenvalue weighted by Crippen LogP contribution is 2.40. The molecule has 0 amide bonds. The van der Waals surface area contributed by atoms with Crippen molar-refractivity contribution in [3.63, 3.8) is 0 Å². The zero-order valence-electron chi connectivity index (χ0n) is 15.4. The van der Waals surface area contributed by atoms with E-state index in [1.54, 1.807) is 12.1 Å². The molecule has 0 aromatic heterocycles. The van der Waals surface area contributed by atoms with E-state index in [9.17, 15) is 4.79 Å². The molecule has 0 aliphatic carbocycles. The number of hydrogen-bond donors (Lipinski definition) is 2. The fourth-order valence-corrected chi connectivity index (χ4v) is 3.17. The van der Waals surface area contributed by atoms with Gasteiger partial charge >= 0.3 is 5.97 Å². The molecule has 0 fully saturated rings. The molecule has 1 rings (SSSR count). The number of carbonyl (C=O) groups is 1. The summed E-state index contributed by atoms with van der Waals surface area (Å²) in [4.78, 5) is 16.8. The van der Waals surface area contributed by atoms with Gasteiger partial charge in [0, 0.05) is 5.02 Å². The zero-order chi connectivity index (χ0) is 19.3. The molecule has 0 radical (unpaired) electrons. The first-order valence-electron chi connectivity index (χ1n) is 8.02. The molecule has 1 atom stereocenters. The van der Waals surface area contributed by atoms with Gasteiger partial charge in [0.05, 0.1) is 12.5 Å². The Hall–Kier alpha value is -1.41. The predicted molar refractivity (Wildman–Crippen MR) is 102 cm³/mol. The van der Waals surface area contributed by atoms with E-state index in [2.05, 4.69) is 39.0 Å². The minimum absolute atomic E-state index is 0.0128. The first-order chi connectivity index (χ1) is 11.5. The van der Waals surface area contributed by atoms with Crippen LogP contribution < -0.4 is 5.73 Å². The number of halogens is 1. The molecule has 0 aliphatic rings. The van der Waals surface area contributed by atoms with E-state index in [-0.39, 0.29) is 17.3 Å². The van der Waals surface area contributed by atoms with E-state index >= 15 is 0 Å². The molecule has 0 saturated heterocycles. The van der Waals surface area contributed by atoms with Gasteiger partial charge in [0.15, 0.2) is 14.2 Å². The number of benzene rings is 1. The van der Waals surface area contributed by atoms with Crippen molar-refractivity contribution in [2.45, 2.75) is 51.4 Å². The summed E-state index contributed by atoms with van der Waals surface area (Å²) in [6.07, 6.45) is -0.493. The van der Waals surface area contributed by atoms with E-state index in [0.717, 1.165) is 5.56 Å². The number of nitrogens with two attached hydrogens (primary N) is 1. The van der Waals surface area contributed by atoms with Crippen molar-refractivity contribution in [2.75, 3.05) is 6.61 Å². The van der Waals surface area contributed by atoms with Crippen LogP contribution in [-0.2, 0) is 14.1 Å². The van der Waals surface area contributed by atoms with Crippen LogP contribution in [0.1, 0.15) is 38.9 Å². The number of oxime groups is 1. The first-order valence-corrected chi connectivity index (χ1v) is 11.3. The van der Waals surface area contributed by atoms with Crippen LogP contribution in [0.15, 0.2) is 29.4 Å². The summed E-state index contributed by atoms with van der Waals surface area (Å²) in [6, 6.07) is 7.18. The fourth-order valence-electron chi connectivity index (χ4n) is 1.76. The lowest BCUT2D eigenvalue weighted by Gasteiger charge is -2.39. The SMILES string of the molecule is CC(C)(C)[Si](C)(C)OC(CC(=O)ON=C(N)CO)c1ccc(Cl)cc1. The van der Waals surface area contributed by atoms with Gasteiger partial charge in [-0.25, -0.2) is 4.79 Å². The van der Waals surface area contributed by atoms with Gasteiger partial charge < -0.3 is 20.1 Å². The molecule has 3 N–H and O–H groups in total. The largest absolute Gasteiger partial charge is 0.409 e. The Balaban J connectivity index is 3.00. The number of aliphatic hydroxyl groups is 1. The maximum Gasteiger partial charge on any atom is 0.338 e. The number of hydrogen-bond acceptors (Lipinski definition) is 5. The molecule has 1 unspecified atom stereocenters. The molecular weight excluding hydrogens is 360 g/mol. The number of amidine groups is 1. The monoisotopic (exact) mass is 386 g/mol. The minimum Gasteiger partial charge on any atom is -0.409 e. The molecule has 0 bridgehead atoms. The lowest BCUT2D eigenvalue weighted by atomic mass is 10.1. The third-order valence-corrected chi connectivity index (χ3v) is 9.00. The Morgan fingerprint density at radius 3 is 2.36 bits per heavy atom. The molecular formula is C17H27ClN2O4Si. The number of rotatable bonds is 7. The second-order valence-electron chi connectivity index (χ2n) is 7.33. The summed E-state index contributed by atoms with van der Waals surface area (Å²) in [5.74, 6) is -0.753. The summed E-state index contributed by atoms with van der Waals surface area (Å²) >= 11 is 5.95. The summed E-state index contributed by atoms with van der Waals surface area (Å²) in [5.41, 5.74) is 6.16. The number of nitrogens with zero attached hydrogens (tertiary/aromatic N) is 1. The van der Waals surface area contributed by atoms with Crippen molar-refractivity contribution in [2.24, 2.45) is 10.9 Å². The first kappa shape index (κ1) is 21.6. The average Bonchev–Trinajstić information content (AvgIpc) is 2.51. The zero-order valence-corrected chi connectivity index (χ0v) is 17.1. The van der Waals surface area contributed by atoms with Crippen molar-refractivity contribution in [3.05, 3.63) is 34.9 Å². The average molecular weight is 387 g/mol. The standard InChI is InChI=1S/C17H27ClN2O4Si/c1-17(2,3)25(4,5)24-14(12-6-8-13(18)9-7-12)10-16(22)23-20-15(19)11-21/h6-9,14,21H,10-11H2,1-5H3,(H2,19,20). The van der Waals surface area contributed by atoms with Crippen molar-refractivity contribution in [1.82, 2.24) is 0 Å². The highest BCUT2D eigenvalue weighted by molar-refractivity contribution is 6.74. The molecule has 0 aliphatic heterocycles. The number of carbonyl (C=O) groups excluding carboxylic acids is 1. The van der Waals surface area contributed by atoms with Crippen LogP contribution in [0.25, 0.3) is 0 Å². The Labute approximate surface area is 155 Å². The second-order valence-corrected chi connectivity index (χ2v) is 12.5. The topological polar surface area (TPSA) is 94.1 Å². The molecule has 1 aromatic rings. The summed E-state index contributed by atoms with van der Waals surface area (Å²) < 4.78 is 6.40. The van der Waals surface area contributed by atoms with Gasteiger partial charge in [0.1, 0.15) is 6.61 Å². The molecule has 25 heavy (non-hydrogen) atoms. The molecule has 0 spiro atoms. The van der Waals surface area contributed by atoms with Crippen molar-refractivity contribution < 1.29 is 19.2 Å². The molecule has 6 nitrogen and oxygen atoms in total. The van der Waals surface area contributed by atoms with Crippen LogP contribution in [0.3, 0.4) is 0 Å². The minimum atomic E-state index is -2.12. The lowest BCUT2D eigenvalue weighted by Crippen LogP contribution is -2.42. The Bertz CT molecular complexity index is 612. The lowest BCUT2D eigenvalue weighted by molar-refractivity contribution is -0.145. The van der Waals surface area contributed by atoms with Gasteiger partial charge in [-0.15, -0.1) is 0 Å². The maximum atomic E-state index is 12.1. The third kappa shape index (κ3) is 6.78. The molecule has 1 aromatic carbocycles. The van der Waals surface area contributed by atoms with Crippen molar-refractivity contribution in [3.8, 4) is 0 Å². The van der Waals surface area contributed by atoms with E-state index in [1.165, 1.54) is 0 Å². The normalized spacial score (nSPS) is 14.3. The van der Waals surface area contributed by atoms with Gasteiger partial charge in [-0.05, 0) is 35.8 Å². The number of aliphatic hydroxyl groups excluding tert-OH is 1. The molecule has 0 heterocycles. The van der Waals surface area contributed by atoms with Crippen LogP contribution in [0, 0.1) is 0 Å². The van der Waals surface area contributed by atoms with Crippen molar-refractivity contribution in [1.29, 1.82) is 0 Å². The van der Waals surface area contributed by atoms with Crippen LogP contribution in [0.4, 0.5) is 0 Å². The fraction of sp³-hybridized carbons (Fsp3) is 0.529. The highest BCUT2D eigenvalue weighted by Gasteiger charge is 2.40. The predicted octanol–water partition coefficient (Wildman–Crippen LogP) is 3.60. The van der Waals surface area contributed by atoms with Gasteiger partial charge in [0.25, 0.3) is 0 Å². The quantitative estimate of drug-likeness (QED) is 0.245. The smallest absolute Gasteiger partial charge is 0.338 e. The van der Waals surface area contributed by atoms with Gasteiger partial charge in [0.2, 0.25) is 0 Å². The summed E-state index contributed by atoms with van der Waals surface area (Å²) in [7, 11) is -2.12. The Morgan fingerprint density at radius 1 is 1.32 bits per heavy atom. The Kier molecular flexibility index (Phi) is 7.61. The van der Waals surface area contributed by atoms with Crippen LogP contribution in [-0.4, -0.2) is 31.8 Å².